The highest BCUT2D eigenvalue weighted by Crippen LogP contribution is 2.43. The Bertz CT molecular complexity index is 566. The number of alkyl halides is 3. The number of aliphatic carboxylic acids is 1. The van der Waals surface area contributed by atoms with Crippen molar-refractivity contribution >= 4 is 5.97 Å². The number of carbonyl (C=O) groups is 1. The third kappa shape index (κ3) is 3.97. The molecule has 0 aromatic heterocycles. The first kappa shape index (κ1) is 18.4. The van der Waals surface area contributed by atoms with Gasteiger partial charge in [-0.2, -0.15) is 13.2 Å². The van der Waals surface area contributed by atoms with E-state index in [1.165, 1.54) is 26.0 Å². The van der Waals surface area contributed by atoms with Crippen molar-refractivity contribution in [2.75, 3.05) is 0 Å². The van der Waals surface area contributed by atoms with Crippen LogP contribution in [0.3, 0.4) is 0 Å². The number of carboxylic acid groups (broad SMARTS) is 1. The summed E-state index contributed by atoms with van der Waals surface area (Å²) in [5.74, 6) is -2.37. The molecule has 22 heavy (non-hydrogen) atoms. The number of carboxylic acids is 1. The van der Waals surface area contributed by atoms with Crippen molar-refractivity contribution in [3.8, 4) is 0 Å². The Kier molecular flexibility index (Phi) is 4.91. The fourth-order valence-corrected chi connectivity index (χ4v) is 2.66. The second-order valence-corrected chi connectivity index (χ2v) is 6.12. The average Bonchev–Trinajstić information content (AvgIpc) is 2.28. The van der Waals surface area contributed by atoms with Crippen molar-refractivity contribution < 1.29 is 32.6 Å². The maximum absolute atomic E-state index is 13.4. The molecular formula is C15H18F4O3. The molecule has 0 radical (unpaired) electrons. The monoisotopic (exact) mass is 322 g/mol. The first-order valence-corrected chi connectivity index (χ1v) is 6.56. The van der Waals surface area contributed by atoms with Gasteiger partial charge < -0.3 is 10.2 Å². The van der Waals surface area contributed by atoms with Crippen LogP contribution in [0.25, 0.3) is 0 Å². The van der Waals surface area contributed by atoms with Crippen molar-refractivity contribution in [1.82, 2.24) is 0 Å². The van der Waals surface area contributed by atoms with Crippen molar-refractivity contribution in [3.63, 3.8) is 0 Å². The van der Waals surface area contributed by atoms with Gasteiger partial charge in [-0.25, -0.2) is 4.39 Å². The molecule has 0 saturated heterocycles. The summed E-state index contributed by atoms with van der Waals surface area (Å²) in [4.78, 5) is 10.7. The molecule has 0 saturated carbocycles. The molecule has 7 heteroatoms. The third-order valence-corrected chi connectivity index (χ3v) is 3.63. The van der Waals surface area contributed by atoms with E-state index in [1.807, 2.05) is 0 Å². The van der Waals surface area contributed by atoms with Gasteiger partial charge in [-0.15, -0.1) is 0 Å². The predicted octanol–water partition coefficient (Wildman–Crippen LogP) is 3.57. The number of rotatable bonds is 5. The summed E-state index contributed by atoms with van der Waals surface area (Å²) in [5, 5.41) is 18.5. The van der Waals surface area contributed by atoms with Crippen LogP contribution in [0.4, 0.5) is 17.6 Å². The highest BCUT2D eigenvalue weighted by Gasteiger charge is 2.57. The molecule has 0 spiro atoms. The fourth-order valence-electron chi connectivity index (χ4n) is 2.66. The van der Waals surface area contributed by atoms with Crippen LogP contribution in [0.5, 0.6) is 0 Å². The van der Waals surface area contributed by atoms with E-state index in [4.69, 9.17) is 5.11 Å². The van der Waals surface area contributed by atoms with Crippen LogP contribution >= 0.6 is 0 Å². The van der Waals surface area contributed by atoms with Gasteiger partial charge in [-0.3, -0.25) is 4.79 Å². The van der Waals surface area contributed by atoms with Gasteiger partial charge in [0.15, 0.2) is 5.60 Å². The number of halogens is 4. The zero-order valence-corrected chi connectivity index (χ0v) is 12.5. The summed E-state index contributed by atoms with van der Waals surface area (Å²) in [5.41, 5.74) is -3.81. The van der Waals surface area contributed by atoms with Crippen molar-refractivity contribution in [3.05, 3.63) is 35.1 Å². The van der Waals surface area contributed by atoms with E-state index in [9.17, 15) is 27.5 Å². The highest BCUT2D eigenvalue weighted by atomic mass is 19.4. The minimum absolute atomic E-state index is 0.292. The lowest BCUT2D eigenvalue weighted by molar-refractivity contribution is -0.268. The molecular weight excluding hydrogens is 304 g/mol. The second kappa shape index (κ2) is 5.87. The SMILES string of the molecule is Cc1ccc(F)cc1C(C)(C)CC(O)(CC(=O)O)C(F)(F)F. The quantitative estimate of drug-likeness (QED) is 0.815. The van der Waals surface area contributed by atoms with Crippen LogP contribution in [0.1, 0.15) is 37.8 Å². The summed E-state index contributed by atoms with van der Waals surface area (Å²) in [6, 6.07) is 3.71. The fraction of sp³-hybridized carbons (Fsp3) is 0.533. The molecule has 0 fully saturated rings. The zero-order chi connectivity index (χ0) is 17.3. The molecule has 3 nitrogen and oxygen atoms in total. The van der Waals surface area contributed by atoms with Crippen molar-refractivity contribution in [2.24, 2.45) is 0 Å². The Balaban J connectivity index is 3.26. The van der Waals surface area contributed by atoms with Gasteiger partial charge in [0.1, 0.15) is 5.82 Å². The minimum atomic E-state index is -5.11. The molecule has 2 N–H and O–H groups in total. The van der Waals surface area contributed by atoms with Crippen LogP contribution in [0.2, 0.25) is 0 Å². The Morgan fingerprint density at radius 1 is 1.23 bits per heavy atom. The van der Waals surface area contributed by atoms with Crippen LogP contribution in [-0.2, 0) is 10.2 Å². The van der Waals surface area contributed by atoms with Crippen molar-refractivity contribution in [2.45, 2.75) is 50.8 Å². The molecule has 0 aliphatic carbocycles. The lowest BCUT2D eigenvalue weighted by Crippen LogP contribution is -2.50. The number of aryl methyl sites for hydroxylation is 1. The van der Waals surface area contributed by atoms with Crippen LogP contribution in [0.15, 0.2) is 18.2 Å². The van der Waals surface area contributed by atoms with E-state index in [0.29, 0.717) is 11.1 Å². The smallest absolute Gasteiger partial charge is 0.417 e. The van der Waals surface area contributed by atoms with Gasteiger partial charge in [0.2, 0.25) is 0 Å². The van der Waals surface area contributed by atoms with Gasteiger partial charge in [-0.1, -0.05) is 19.9 Å². The van der Waals surface area contributed by atoms with E-state index in [2.05, 4.69) is 0 Å². The molecule has 1 rings (SSSR count). The normalized spacial score (nSPS) is 15.5. The Morgan fingerprint density at radius 2 is 1.77 bits per heavy atom. The van der Waals surface area contributed by atoms with Crippen LogP contribution in [0, 0.1) is 12.7 Å². The molecule has 1 aromatic rings. The van der Waals surface area contributed by atoms with Gasteiger partial charge in [0.25, 0.3) is 0 Å². The van der Waals surface area contributed by atoms with Gasteiger partial charge >= 0.3 is 12.1 Å². The molecule has 124 valence electrons. The second-order valence-electron chi connectivity index (χ2n) is 6.12. The largest absolute Gasteiger partial charge is 0.481 e. The summed E-state index contributed by atoms with van der Waals surface area (Å²) in [6.45, 7) is 4.43. The van der Waals surface area contributed by atoms with Gasteiger partial charge in [0.05, 0.1) is 6.42 Å². The molecule has 0 aliphatic heterocycles. The Labute approximate surface area is 125 Å². The maximum atomic E-state index is 13.4. The molecule has 0 heterocycles. The van der Waals surface area contributed by atoms with Crippen LogP contribution < -0.4 is 0 Å². The van der Waals surface area contributed by atoms with Gasteiger partial charge in [0, 0.05) is 0 Å². The van der Waals surface area contributed by atoms with Crippen LogP contribution in [-0.4, -0.2) is 28.0 Å². The zero-order valence-electron chi connectivity index (χ0n) is 12.5. The lowest BCUT2D eigenvalue weighted by atomic mass is 9.72. The lowest BCUT2D eigenvalue weighted by Gasteiger charge is -2.37. The summed E-state index contributed by atoms with van der Waals surface area (Å²) in [6.07, 6.45) is -7.46. The molecule has 0 amide bonds. The van der Waals surface area contributed by atoms with E-state index >= 15 is 0 Å². The van der Waals surface area contributed by atoms with E-state index in [1.54, 1.807) is 6.92 Å². The Hall–Kier alpha value is -1.63. The summed E-state index contributed by atoms with van der Waals surface area (Å²) >= 11 is 0. The highest BCUT2D eigenvalue weighted by molar-refractivity contribution is 5.68. The maximum Gasteiger partial charge on any atom is 0.417 e. The van der Waals surface area contributed by atoms with Crippen molar-refractivity contribution in [1.29, 1.82) is 0 Å². The predicted molar refractivity (Wildman–Crippen MR) is 72.0 cm³/mol. The number of benzene rings is 1. The molecule has 0 bridgehead atoms. The number of hydrogen-bond donors (Lipinski definition) is 2. The average molecular weight is 322 g/mol. The molecule has 1 unspecified atom stereocenters. The summed E-state index contributed by atoms with van der Waals surface area (Å²) < 4.78 is 52.7. The minimum Gasteiger partial charge on any atom is -0.481 e. The van der Waals surface area contributed by atoms with E-state index in [0.717, 1.165) is 6.07 Å². The third-order valence-electron chi connectivity index (χ3n) is 3.63. The topological polar surface area (TPSA) is 57.5 Å². The van der Waals surface area contributed by atoms with Gasteiger partial charge in [-0.05, 0) is 42.0 Å². The Morgan fingerprint density at radius 3 is 2.23 bits per heavy atom. The van der Waals surface area contributed by atoms with E-state index in [-0.39, 0.29) is 0 Å². The first-order chi connectivity index (χ1) is 9.78. The molecule has 1 atom stereocenters. The standard InChI is InChI=1S/C15H18F4O3/c1-9-4-5-10(16)6-11(9)13(2,3)8-14(22,7-12(20)21)15(17,18)19/h4-6,22H,7-8H2,1-3H3,(H,20,21). The number of hydrogen-bond acceptors (Lipinski definition) is 2. The number of aliphatic hydroxyl groups is 1. The first-order valence-electron chi connectivity index (χ1n) is 6.56. The molecule has 0 aliphatic rings. The summed E-state index contributed by atoms with van der Waals surface area (Å²) in [7, 11) is 0. The van der Waals surface area contributed by atoms with E-state index < -0.39 is 41.8 Å². The molecule has 1 aromatic carbocycles.